The minimum Gasteiger partial charge on any atom is -0.472 e. The van der Waals surface area contributed by atoms with E-state index in [-0.39, 0.29) is 0 Å². The second-order valence-electron chi connectivity index (χ2n) is 15.2. The van der Waals surface area contributed by atoms with Gasteiger partial charge in [0.25, 0.3) is 0 Å². The zero-order valence-corrected chi connectivity index (χ0v) is 31.9. The molecule has 1 aliphatic carbocycles. The van der Waals surface area contributed by atoms with Gasteiger partial charge in [0.1, 0.15) is 5.75 Å². The number of nitrogens with zero attached hydrogens (tertiary/aromatic N) is 1. The summed E-state index contributed by atoms with van der Waals surface area (Å²) in [6.45, 7) is 0. The third kappa shape index (κ3) is 5.05. The van der Waals surface area contributed by atoms with Gasteiger partial charge in [-0.1, -0.05) is 194 Å². The van der Waals surface area contributed by atoms with Gasteiger partial charge in [0.05, 0.1) is 5.41 Å². The molecule has 2 nitrogen and oxygen atoms in total. The number of fused-ring (bicyclic) bond motifs is 6. The van der Waals surface area contributed by atoms with Gasteiger partial charge in [0.15, 0.2) is 5.60 Å². The van der Waals surface area contributed by atoms with Crippen molar-refractivity contribution in [2.45, 2.75) is 11.0 Å². The van der Waals surface area contributed by atoms with Crippen molar-refractivity contribution in [3.8, 4) is 28.0 Å². The van der Waals surface area contributed by atoms with Crippen LogP contribution in [0.2, 0.25) is 0 Å². The van der Waals surface area contributed by atoms with Crippen molar-refractivity contribution in [3.63, 3.8) is 0 Å². The van der Waals surface area contributed by atoms with Crippen LogP contribution in [-0.2, 0) is 11.0 Å². The summed E-state index contributed by atoms with van der Waals surface area (Å²) in [5, 5.41) is 0. The van der Waals surface area contributed by atoms with Crippen LogP contribution in [0.1, 0.15) is 38.9 Å². The molecule has 0 unspecified atom stereocenters. The molecule has 274 valence electrons. The van der Waals surface area contributed by atoms with E-state index in [2.05, 4.69) is 241 Å². The molecule has 58 heavy (non-hydrogen) atoms. The first kappa shape index (κ1) is 33.9. The van der Waals surface area contributed by atoms with Crippen molar-refractivity contribution in [1.82, 2.24) is 0 Å². The molecular formula is C56H39NO. The predicted octanol–water partition coefficient (Wildman–Crippen LogP) is 13.9. The molecule has 0 saturated carbocycles. The highest BCUT2D eigenvalue weighted by molar-refractivity contribution is 5.91. The molecule has 0 saturated heterocycles. The largest absolute Gasteiger partial charge is 0.472 e. The lowest BCUT2D eigenvalue weighted by Gasteiger charge is -2.41. The Labute approximate surface area is 339 Å². The van der Waals surface area contributed by atoms with Gasteiger partial charge in [-0.05, 0) is 75.3 Å². The van der Waals surface area contributed by atoms with Crippen LogP contribution >= 0.6 is 0 Å². The Hall–Kier alpha value is -7.42. The van der Waals surface area contributed by atoms with Gasteiger partial charge in [0.2, 0.25) is 0 Å². The monoisotopic (exact) mass is 741 g/mol. The summed E-state index contributed by atoms with van der Waals surface area (Å²) < 4.78 is 7.50. The van der Waals surface area contributed by atoms with E-state index in [9.17, 15) is 0 Å². The van der Waals surface area contributed by atoms with Gasteiger partial charge >= 0.3 is 0 Å². The molecule has 0 radical (unpaired) electrons. The first-order valence-electron chi connectivity index (χ1n) is 20.0. The number of hydrogen-bond acceptors (Lipinski definition) is 2. The number of para-hydroxylation sites is 1. The predicted molar refractivity (Wildman–Crippen MR) is 237 cm³/mol. The topological polar surface area (TPSA) is 12.5 Å². The highest BCUT2D eigenvalue weighted by Gasteiger charge is 2.47. The molecule has 2 aliphatic rings. The lowest BCUT2D eigenvalue weighted by Crippen LogP contribution is -2.38. The quantitative estimate of drug-likeness (QED) is 0.161. The van der Waals surface area contributed by atoms with Crippen molar-refractivity contribution in [3.05, 3.63) is 276 Å². The number of hydrogen-bond donors (Lipinski definition) is 0. The van der Waals surface area contributed by atoms with Crippen LogP contribution in [-0.4, -0.2) is 0 Å². The highest BCUT2D eigenvalue weighted by Crippen LogP contribution is 2.58. The van der Waals surface area contributed by atoms with Crippen LogP contribution in [0.5, 0.6) is 5.75 Å². The Morgan fingerprint density at radius 2 is 0.724 bits per heavy atom. The summed E-state index contributed by atoms with van der Waals surface area (Å²) in [5.41, 5.74) is 15.0. The minimum absolute atomic E-state index is 0.462. The number of benzene rings is 9. The molecule has 0 aromatic heterocycles. The van der Waals surface area contributed by atoms with Crippen LogP contribution in [0.15, 0.2) is 237 Å². The van der Waals surface area contributed by atoms with Crippen molar-refractivity contribution in [1.29, 1.82) is 0 Å². The summed E-state index contributed by atoms with van der Waals surface area (Å²) in [5.74, 6) is 0.837. The Morgan fingerprint density at radius 1 is 0.293 bits per heavy atom. The third-order valence-electron chi connectivity index (χ3n) is 12.2. The molecule has 9 aromatic carbocycles. The van der Waals surface area contributed by atoms with Crippen LogP contribution in [0.3, 0.4) is 0 Å². The second kappa shape index (κ2) is 13.7. The highest BCUT2D eigenvalue weighted by atomic mass is 16.5. The SMILES string of the molecule is c1ccc(N(c2ccc3c(c2)OC(c2ccccc2)(c2ccccc2)c2ccccc2-3)c2ccc3c(c2)-c2ccccc2C3(c2ccccc2)c2ccccc2)cc1. The van der Waals surface area contributed by atoms with Gasteiger partial charge in [-0.15, -0.1) is 0 Å². The molecule has 0 fully saturated rings. The van der Waals surface area contributed by atoms with Crippen molar-refractivity contribution < 1.29 is 4.74 Å². The summed E-state index contributed by atoms with van der Waals surface area (Å²) in [7, 11) is 0. The summed E-state index contributed by atoms with van der Waals surface area (Å²) in [4.78, 5) is 2.37. The van der Waals surface area contributed by atoms with Crippen molar-refractivity contribution in [2.24, 2.45) is 0 Å². The summed E-state index contributed by atoms with van der Waals surface area (Å²) in [6, 6.07) is 85.3. The Balaban J connectivity index is 1.12. The van der Waals surface area contributed by atoms with E-state index >= 15 is 0 Å². The van der Waals surface area contributed by atoms with E-state index in [1.807, 2.05) is 0 Å². The Morgan fingerprint density at radius 3 is 1.31 bits per heavy atom. The molecular weight excluding hydrogens is 703 g/mol. The smallest absolute Gasteiger partial charge is 0.185 e. The lowest BCUT2D eigenvalue weighted by molar-refractivity contribution is 0.152. The molecule has 0 bridgehead atoms. The van der Waals surface area contributed by atoms with E-state index in [0.717, 1.165) is 45.1 Å². The average Bonchev–Trinajstić information content (AvgIpc) is 3.61. The van der Waals surface area contributed by atoms with E-state index in [4.69, 9.17) is 4.74 Å². The fourth-order valence-corrected chi connectivity index (χ4v) is 9.74. The fourth-order valence-electron chi connectivity index (χ4n) is 9.74. The van der Waals surface area contributed by atoms with Crippen LogP contribution in [0.25, 0.3) is 22.3 Å². The van der Waals surface area contributed by atoms with Gasteiger partial charge in [0, 0.05) is 45.4 Å². The van der Waals surface area contributed by atoms with E-state index in [1.54, 1.807) is 0 Å². The maximum absolute atomic E-state index is 7.50. The van der Waals surface area contributed by atoms with E-state index < -0.39 is 11.0 Å². The fraction of sp³-hybridized carbons (Fsp3) is 0.0357. The maximum Gasteiger partial charge on any atom is 0.185 e. The molecule has 0 amide bonds. The van der Waals surface area contributed by atoms with Crippen LogP contribution < -0.4 is 9.64 Å². The van der Waals surface area contributed by atoms with E-state index in [0.29, 0.717) is 0 Å². The van der Waals surface area contributed by atoms with Gasteiger partial charge in [-0.2, -0.15) is 0 Å². The second-order valence-corrected chi connectivity index (χ2v) is 15.2. The van der Waals surface area contributed by atoms with Crippen LogP contribution in [0.4, 0.5) is 17.1 Å². The number of rotatable bonds is 7. The van der Waals surface area contributed by atoms with Gasteiger partial charge in [-0.3, -0.25) is 0 Å². The Kier molecular flexibility index (Phi) is 7.97. The van der Waals surface area contributed by atoms with Crippen LogP contribution in [0, 0.1) is 0 Å². The van der Waals surface area contributed by atoms with E-state index in [1.165, 1.54) is 38.9 Å². The molecule has 1 aliphatic heterocycles. The zero-order valence-electron chi connectivity index (χ0n) is 31.9. The zero-order chi connectivity index (χ0) is 38.5. The minimum atomic E-state index is -0.849. The Bertz CT molecular complexity index is 2830. The standard InChI is InChI=1S/C56H39NO/c1-6-20-40(21-7-1)55(41-22-8-2-9-23-41)51-32-18-16-31-48(51)50-38-45(35-37-52(50)55)57(44-28-14-5-15-29-44)46-34-36-49-47-30-17-19-33-53(47)56(58-54(49)39-46,42-24-10-3-11-25-42)43-26-12-4-13-27-43/h1-39H. The first-order valence-corrected chi connectivity index (χ1v) is 20.0. The summed E-state index contributed by atoms with van der Waals surface area (Å²) >= 11 is 0. The van der Waals surface area contributed by atoms with Crippen molar-refractivity contribution in [2.75, 3.05) is 4.90 Å². The molecule has 9 aromatic rings. The summed E-state index contributed by atoms with van der Waals surface area (Å²) in [6.07, 6.45) is 0. The van der Waals surface area contributed by atoms with Gasteiger partial charge in [-0.25, -0.2) is 0 Å². The van der Waals surface area contributed by atoms with Crippen molar-refractivity contribution >= 4 is 17.1 Å². The first-order chi connectivity index (χ1) is 28.8. The maximum atomic E-state index is 7.50. The molecule has 0 atom stereocenters. The number of ether oxygens (including phenoxy) is 1. The molecule has 2 heteroatoms. The van der Waals surface area contributed by atoms with Gasteiger partial charge < -0.3 is 9.64 Å². The average molecular weight is 742 g/mol. The third-order valence-corrected chi connectivity index (χ3v) is 12.2. The molecule has 11 rings (SSSR count). The number of anilines is 3. The molecule has 0 N–H and O–H groups in total. The normalized spacial score (nSPS) is 13.9. The lowest BCUT2D eigenvalue weighted by atomic mass is 9.68. The molecule has 1 heterocycles. The molecule has 0 spiro atoms.